The molecule has 2 saturated carbocycles. The molecule has 1 heterocycles. The molecule has 5 nitrogen and oxygen atoms in total. The van der Waals surface area contributed by atoms with Gasteiger partial charge < -0.3 is 10.1 Å². The second-order valence-corrected chi connectivity index (χ2v) is 9.01. The van der Waals surface area contributed by atoms with Crippen LogP contribution in [0.4, 0.5) is 19.1 Å². The second-order valence-electron chi connectivity index (χ2n) is 8.58. The van der Waals surface area contributed by atoms with Gasteiger partial charge in [0.1, 0.15) is 5.82 Å². The summed E-state index contributed by atoms with van der Waals surface area (Å²) in [5, 5.41) is 3.70. The van der Waals surface area contributed by atoms with Crippen molar-refractivity contribution in [2.75, 3.05) is 11.9 Å². The molecular formula is C22H26ClF3N4O. The third-order valence-corrected chi connectivity index (χ3v) is 6.51. The summed E-state index contributed by atoms with van der Waals surface area (Å²) in [4.78, 5) is 12.7. The average molecular weight is 455 g/mol. The summed E-state index contributed by atoms with van der Waals surface area (Å²) in [5.41, 5.74) is 0.948. The molecule has 1 aromatic heterocycles. The number of hydrogen-bond acceptors (Lipinski definition) is 5. The number of fused-ring (bicyclic) bond motifs is 1. The van der Waals surface area contributed by atoms with Gasteiger partial charge >= 0.3 is 12.2 Å². The summed E-state index contributed by atoms with van der Waals surface area (Å²) in [7, 11) is 0. The van der Waals surface area contributed by atoms with Gasteiger partial charge in [-0.15, -0.1) is 0 Å². The fourth-order valence-corrected chi connectivity index (χ4v) is 4.93. The summed E-state index contributed by atoms with van der Waals surface area (Å²) >= 11 is 5.91. The molecule has 1 aromatic carbocycles. The molecule has 2 aliphatic carbocycles. The van der Waals surface area contributed by atoms with Crippen molar-refractivity contribution in [3.63, 3.8) is 0 Å². The van der Waals surface area contributed by atoms with Gasteiger partial charge in [0.05, 0.1) is 0 Å². The van der Waals surface area contributed by atoms with Crippen molar-refractivity contribution >= 4 is 17.5 Å². The number of aromatic nitrogens is 3. The largest absolute Gasteiger partial charge is 0.454 e. The van der Waals surface area contributed by atoms with Crippen molar-refractivity contribution in [1.29, 1.82) is 0 Å². The number of ether oxygens (including phenoxy) is 1. The van der Waals surface area contributed by atoms with Crippen molar-refractivity contribution < 1.29 is 17.9 Å². The maximum Gasteiger partial charge on any atom is 0.422 e. The first-order valence-corrected chi connectivity index (χ1v) is 11.1. The first-order valence-electron chi connectivity index (χ1n) is 10.8. The van der Waals surface area contributed by atoms with Gasteiger partial charge in [-0.25, -0.2) is 0 Å². The van der Waals surface area contributed by atoms with Crippen LogP contribution in [0.1, 0.15) is 49.9 Å². The van der Waals surface area contributed by atoms with E-state index in [4.69, 9.17) is 16.3 Å². The highest BCUT2D eigenvalue weighted by Crippen LogP contribution is 2.44. The highest BCUT2D eigenvalue weighted by atomic mass is 35.5. The molecule has 2 aromatic rings. The van der Waals surface area contributed by atoms with Crippen LogP contribution in [0.3, 0.4) is 0 Å². The standard InChI is InChI=1S/C22H26ClF3N4O/c23-18-8-5-14(6-9-18)12-27-20-28-19(29-21(30-20)31-13-22(24,25)26)11-15-4-7-16-2-1-3-17(16)10-15/h5-6,8-9,15-17H,1-4,7,10-13H2,(H,27,28,29,30). The van der Waals surface area contributed by atoms with Crippen LogP contribution in [0.25, 0.3) is 0 Å². The van der Waals surface area contributed by atoms with Crippen LogP contribution in [0.15, 0.2) is 24.3 Å². The van der Waals surface area contributed by atoms with Crippen molar-refractivity contribution in [1.82, 2.24) is 15.0 Å². The van der Waals surface area contributed by atoms with Crippen LogP contribution in [-0.2, 0) is 13.0 Å². The van der Waals surface area contributed by atoms with Crippen LogP contribution < -0.4 is 10.1 Å². The lowest BCUT2D eigenvalue weighted by Crippen LogP contribution is -2.24. The van der Waals surface area contributed by atoms with E-state index in [2.05, 4.69) is 20.3 Å². The molecule has 0 amide bonds. The molecule has 0 bridgehead atoms. The molecule has 31 heavy (non-hydrogen) atoms. The Morgan fingerprint density at radius 3 is 2.55 bits per heavy atom. The van der Waals surface area contributed by atoms with Crippen molar-refractivity contribution in [3.05, 3.63) is 40.7 Å². The maximum absolute atomic E-state index is 12.6. The lowest BCUT2D eigenvalue weighted by atomic mass is 9.75. The lowest BCUT2D eigenvalue weighted by Gasteiger charge is -2.31. The Kier molecular flexibility index (Phi) is 6.84. The summed E-state index contributed by atoms with van der Waals surface area (Å²) in [6, 6.07) is 6.97. The van der Waals surface area contributed by atoms with Gasteiger partial charge in [0.15, 0.2) is 6.61 Å². The summed E-state index contributed by atoms with van der Waals surface area (Å²) in [6.07, 6.45) is 3.57. The van der Waals surface area contributed by atoms with Crippen LogP contribution in [-0.4, -0.2) is 27.7 Å². The molecule has 168 valence electrons. The zero-order valence-electron chi connectivity index (χ0n) is 17.2. The normalized spacial score (nSPS) is 23.4. The van der Waals surface area contributed by atoms with E-state index < -0.39 is 12.8 Å². The van der Waals surface area contributed by atoms with E-state index >= 15 is 0 Å². The van der Waals surface area contributed by atoms with Gasteiger partial charge in [-0.2, -0.15) is 28.1 Å². The van der Waals surface area contributed by atoms with Gasteiger partial charge in [-0.05, 0) is 54.7 Å². The number of hydrogen-bond donors (Lipinski definition) is 1. The summed E-state index contributed by atoms with van der Waals surface area (Å²) in [6.45, 7) is -1.02. The molecular weight excluding hydrogens is 429 g/mol. The molecule has 0 aliphatic heterocycles. The molecule has 0 radical (unpaired) electrons. The number of rotatable bonds is 7. The highest BCUT2D eigenvalue weighted by Gasteiger charge is 2.34. The lowest BCUT2D eigenvalue weighted by molar-refractivity contribution is -0.154. The Morgan fingerprint density at radius 2 is 1.77 bits per heavy atom. The summed E-state index contributed by atoms with van der Waals surface area (Å²) < 4.78 is 42.7. The second kappa shape index (κ2) is 9.59. The third kappa shape index (κ3) is 6.45. The average Bonchev–Trinajstić information content (AvgIpc) is 3.19. The van der Waals surface area contributed by atoms with Crippen molar-refractivity contribution in [2.24, 2.45) is 17.8 Å². The van der Waals surface area contributed by atoms with Crippen molar-refractivity contribution in [2.45, 2.75) is 57.7 Å². The molecule has 0 spiro atoms. The SMILES string of the molecule is FC(F)(F)COc1nc(CC2CCC3CCCC3C2)nc(NCc2ccc(Cl)cc2)n1. The minimum absolute atomic E-state index is 0.215. The predicted octanol–water partition coefficient (Wildman–Crippen LogP) is 5.84. The fraction of sp³-hybridized carbons (Fsp3) is 0.591. The Bertz CT molecular complexity index is 878. The molecule has 3 atom stereocenters. The van der Waals surface area contributed by atoms with Gasteiger partial charge in [0.25, 0.3) is 0 Å². The number of nitrogens with one attached hydrogen (secondary N) is 1. The first kappa shape index (κ1) is 22.1. The molecule has 4 rings (SSSR count). The first-order chi connectivity index (χ1) is 14.8. The van der Waals surface area contributed by atoms with E-state index in [1.165, 1.54) is 25.7 Å². The van der Waals surface area contributed by atoms with Crippen LogP contribution in [0, 0.1) is 17.8 Å². The van der Waals surface area contributed by atoms with E-state index in [0.717, 1.165) is 30.2 Å². The van der Waals surface area contributed by atoms with Gasteiger partial charge in [0, 0.05) is 18.0 Å². The van der Waals surface area contributed by atoms with E-state index in [1.807, 2.05) is 12.1 Å². The van der Waals surface area contributed by atoms with E-state index in [9.17, 15) is 13.2 Å². The molecule has 2 fully saturated rings. The van der Waals surface area contributed by atoms with Crippen LogP contribution in [0.5, 0.6) is 6.01 Å². The third-order valence-electron chi connectivity index (χ3n) is 6.26. The monoisotopic (exact) mass is 454 g/mol. The molecule has 1 N–H and O–H groups in total. The summed E-state index contributed by atoms with van der Waals surface area (Å²) in [5.74, 6) is 2.75. The van der Waals surface area contributed by atoms with Gasteiger partial charge in [-0.1, -0.05) is 43.0 Å². The van der Waals surface area contributed by atoms with Crippen molar-refractivity contribution in [3.8, 4) is 6.01 Å². The Morgan fingerprint density at radius 1 is 1.00 bits per heavy atom. The van der Waals surface area contributed by atoms with Crippen LogP contribution in [0.2, 0.25) is 5.02 Å². The van der Waals surface area contributed by atoms with E-state index in [-0.39, 0.29) is 12.0 Å². The fourth-order valence-electron chi connectivity index (χ4n) is 4.81. The Labute approximate surface area is 184 Å². The minimum Gasteiger partial charge on any atom is -0.454 e. The Hall–Kier alpha value is -2.09. The van der Waals surface area contributed by atoms with E-state index in [1.54, 1.807) is 12.1 Å². The number of benzene rings is 1. The molecule has 0 saturated heterocycles. The van der Waals surface area contributed by atoms with Crippen LogP contribution >= 0.6 is 11.6 Å². The topological polar surface area (TPSA) is 59.9 Å². The zero-order valence-corrected chi connectivity index (χ0v) is 17.9. The van der Waals surface area contributed by atoms with Gasteiger partial charge in [0.2, 0.25) is 5.95 Å². The smallest absolute Gasteiger partial charge is 0.422 e. The predicted molar refractivity (Wildman–Crippen MR) is 112 cm³/mol. The number of halogens is 4. The number of anilines is 1. The zero-order chi connectivity index (χ0) is 21.8. The van der Waals surface area contributed by atoms with E-state index in [0.29, 0.717) is 29.7 Å². The number of nitrogens with zero attached hydrogens (tertiary/aromatic N) is 3. The molecule has 3 unspecified atom stereocenters. The quantitative estimate of drug-likeness (QED) is 0.569. The molecule has 2 aliphatic rings. The Balaban J connectivity index is 1.46. The molecule has 9 heteroatoms. The van der Waals surface area contributed by atoms with Gasteiger partial charge in [-0.3, -0.25) is 0 Å². The minimum atomic E-state index is -4.45. The maximum atomic E-state index is 12.6. The number of alkyl halides is 3. The highest BCUT2D eigenvalue weighted by molar-refractivity contribution is 6.30.